The molecule has 3 N–H and O–H groups in total. The van der Waals surface area contributed by atoms with Crippen molar-refractivity contribution in [2.24, 2.45) is 5.10 Å². The van der Waals surface area contributed by atoms with Gasteiger partial charge in [0.05, 0.1) is 17.5 Å². The second kappa shape index (κ2) is 8.54. The standard InChI is InChI=1S/C24H20N4O3/c1-16-6-5-7-17(12-16)23-18(15-28(27-23)19-8-3-2-4-9-19)14-25-26-24(31)21-11-10-20(29)13-22(21)30/h2-15,29-30H,1H3,(H,26,31)/b25-14-. The molecule has 1 aromatic heterocycles. The minimum absolute atomic E-state index is 0.00818. The van der Waals surface area contributed by atoms with Crippen LogP contribution in [0.15, 0.2) is 84.1 Å². The van der Waals surface area contributed by atoms with E-state index in [0.717, 1.165) is 28.6 Å². The zero-order chi connectivity index (χ0) is 21.8. The van der Waals surface area contributed by atoms with Crippen LogP contribution in [0.3, 0.4) is 0 Å². The van der Waals surface area contributed by atoms with Crippen LogP contribution in [0.4, 0.5) is 0 Å². The van der Waals surface area contributed by atoms with Gasteiger partial charge in [-0.05, 0) is 37.3 Å². The van der Waals surface area contributed by atoms with Crippen molar-refractivity contribution in [3.8, 4) is 28.4 Å². The average Bonchev–Trinajstić information content (AvgIpc) is 3.18. The van der Waals surface area contributed by atoms with Gasteiger partial charge in [0.25, 0.3) is 5.91 Å². The van der Waals surface area contributed by atoms with Crippen LogP contribution in [0.1, 0.15) is 21.5 Å². The van der Waals surface area contributed by atoms with Crippen LogP contribution in [0.25, 0.3) is 16.9 Å². The number of hydrogen-bond acceptors (Lipinski definition) is 5. The minimum atomic E-state index is -0.596. The van der Waals surface area contributed by atoms with E-state index >= 15 is 0 Å². The summed E-state index contributed by atoms with van der Waals surface area (Å²) in [7, 11) is 0. The number of carbonyl (C=O) groups is 1. The van der Waals surface area contributed by atoms with Crippen LogP contribution in [0.2, 0.25) is 0 Å². The van der Waals surface area contributed by atoms with Gasteiger partial charge in [0.15, 0.2) is 0 Å². The molecule has 7 nitrogen and oxygen atoms in total. The number of benzene rings is 3. The third-order valence-corrected chi connectivity index (χ3v) is 4.65. The molecule has 0 aliphatic carbocycles. The molecule has 4 aromatic rings. The van der Waals surface area contributed by atoms with Crippen molar-refractivity contribution in [1.29, 1.82) is 0 Å². The SMILES string of the molecule is Cc1cccc(-c2nn(-c3ccccc3)cc2/C=N\NC(=O)c2ccc(O)cc2O)c1. The summed E-state index contributed by atoms with van der Waals surface area (Å²) in [6.07, 6.45) is 3.35. The molecule has 4 rings (SSSR count). The Morgan fingerprint density at radius 2 is 1.84 bits per heavy atom. The predicted octanol–water partition coefficient (Wildman–Crippen LogP) is 4.02. The molecule has 154 valence electrons. The van der Waals surface area contributed by atoms with Crippen LogP contribution in [0.5, 0.6) is 11.5 Å². The van der Waals surface area contributed by atoms with Gasteiger partial charge in [-0.15, -0.1) is 0 Å². The number of nitrogens with zero attached hydrogens (tertiary/aromatic N) is 3. The monoisotopic (exact) mass is 412 g/mol. The van der Waals surface area contributed by atoms with Gasteiger partial charge in [-0.25, -0.2) is 10.1 Å². The number of aryl methyl sites for hydroxylation is 1. The Labute approximate surface area is 178 Å². The molecule has 1 amide bonds. The average molecular weight is 412 g/mol. The van der Waals surface area contributed by atoms with Crippen molar-refractivity contribution in [3.05, 3.63) is 95.7 Å². The molecule has 0 spiro atoms. The van der Waals surface area contributed by atoms with Crippen LogP contribution in [-0.2, 0) is 0 Å². The van der Waals surface area contributed by atoms with E-state index in [2.05, 4.69) is 10.5 Å². The van der Waals surface area contributed by atoms with E-state index in [-0.39, 0.29) is 17.1 Å². The summed E-state index contributed by atoms with van der Waals surface area (Å²) in [5.74, 6) is -1.06. The number of phenolic OH excluding ortho intramolecular Hbond substituents is 2. The third-order valence-electron chi connectivity index (χ3n) is 4.65. The van der Waals surface area contributed by atoms with E-state index in [9.17, 15) is 15.0 Å². The lowest BCUT2D eigenvalue weighted by molar-refractivity contribution is 0.0952. The summed E-state index contributed by atoms with van der Waals surface area (Å²) >= 11 is 0. The topological polar surface area (TPSA) is 99.7 Å². The molecular weight excluding hydrogens is 392 g/mol. The summed E-state index contributed by atoms with van der Waals surface area (Å²) < 4.78 is 1.76. The summed E-state index contributed by atoms with van der Waals surface area (Å²) in [5, 5.41) is 28.0. The van der Waals surface area contributed by atoms with Gasteiger partial charge in [0, 0.05) is 23.4 Å². The molecule has 3 aromatic carbocycles. The number of aromatic nitrogens is 2. The van der Waals surface area contributed by atoms with Crippen molar-refractivity contribution >= 4 is 12.1 Å². The zero-order valence-electron chi connectivity index (χ0n) is 16.7. The van der Waals surface area contributed by atoms with E-state index in [1.165, 1.54) is 18.3 Å². The number of amides is 1. The first-order chi connectivity index (χ1) is 15.0. The van der Waals surface area contributed by atoms with E-state index < -0.39 is 5.91 Å². The Kier molecular flexibility index (Phi) is 5.49. The lowest BCUT2D eigenvalue weighted by Gasteiger charge is -2.03. The van der Waals surface area contributed by atoms with E-state index in [4.69, 9.17) is 5.10 Å². The number of hydrogen-bond donors (Lipinski definition) is 3. The second-order valence-corrected chi connectivity index (χ2v) is 6.98. The van der Waals surface area contributed by atoms with Crippen LogP contribution >= 0.6 is 0 Å². The molecule has 0 fully saturated rings. The van der Waals surface area contributed by atoms with Crippen LogP contribution in [0, 0.1) is 6.92 Å². The first kappa shape index (κ1) is 19.9. The first-order valence-corrected chi connectivity index (χ1v) is 9.59. The van der Waals surface area contributed by atoms with Crippen molar-refractivity contribution in [2.45, 2.75) is 6.92 Å². The van der Waals surface area contributed by atoms with Crippen molar-refractivity contribution < 1.29 is 15.0 Å². The lowest BCUT2D eigenvalue weighted by Crippen LogP contribution is -2.17. The van der Waals surface area contributed by atoms with Gasteiger partial charge in [-0.2, -0.15) is 10.2 Å². The molecule has 0 aliphatic rings. The van der Waals surface area contributed by atoms with Gasteiger partial charge in [-0.3, -0.25) is 4.79 Å². The minimum Gasteiger partial charge on any atom is -0.508 e. The highest BCUT2D eigenvalue weighted by molar-refractivity contribution is 5.98. The smallest absolute Gasteiger partial charge is 0.275 e. The van der Waals surface area contributed by atoms with Gasteiger partial charge in [-0.1, -0.05) is 42.0 Å². The van der Waals surface area contributed by atoms with Crippen molar-refractivity contribution in [3.63, 3.8) is 0 Å². The van der Waals surface area contributed by atoms with Gasteiger partial charge in [0.2, 0.25) is 0 Å². The maximum atomic E-state index is 12.3. The van der Waals surface area contributed by atoms with Crippen LogP contribution in [-0.4, -0.2) is 32.1 Å². The summed E-state index contributed by atoms with van der Waals surface area (Å²) in [6.45, 7) is 2.01. The zero-order valence-corrected chi connectivity index (χ0v) is 16.7. The molecule has 0 atom stereocenters. The Bertz CT molecular complexity index is 1260. The molecular formula is C24H20N4O3. The number of rotatable bonds is 5. The highest BCUT2D eigenvalue weighted by Gasteiger charge is 2.13. The Morgan fingerprint density at radius 1 is 1.03 bits per heavy atom. The van der Waals surface area contributed by atoms with E-state index in [0.29, 0.717) is 5.56 Å². The lowest BCUT2D eigenvalue weighted by atomic mass is 10.1. The third kappa shape index (κ3) is 4.45. The molecule has 0 aliphatic heterocycles. The number of phenols is 2. The van der Waals surface area contributed by atoms with Crippen LogP contribution < -0.4 is 5.43 Å². The molecule has 0 bridgehead atoms. The molecule has 0 saturated heterocycles. The Morgan fingerprint density at radius 3 is 2.58 bits per heavy atom. The van der Waals surface area contributed by atoms with Gasteiger partial charge >= 0.3 is 0 Å². The second-order valence-electron chi connectivity index (χ2n) is 6.98. The Balaban J connectivity index is 1.64. The summed E-state index contributed by atoms with van der Waals surface area (Å²) in [4.78, 5) is 12.3. The highest BCUT2D eigenvalue weighted by atomic mass is 16.3. The molecule has 1 heterocycles. The molecule has 7 heteroatoms. The van der Waals surface area contributed by atoms with E-state index in [1.807, 2.05) is 67.7 Å². The molecule has 0 unspecified atom stereocenters. The summed E-state index contributed by atoms with van der Waals surface area (Å²) in [5.41, 5.74) is 6.77. The molecule has 0 saturated carbocycles. The largest absolute Gasteiger partial charge is 0.508 e. The fourth-order valence-electron chi connectivity index (χ4n) is 3.14. The highest BCUT2D eigenvalue weighted by Crippen LogP contribution is 2.24. The quantitative estimate of drug-likeness (QED) is 0.340. The number of carbonyl (C=O) groups excluding carboxylic acids is 1. The summed E-state index contributed by atoms with van der Waals surface area (Å²) in [6, 6.07) is 21.4. The fraction of sp³-hybridized carbons (Fsp3) is 0.0417. The maximum absolute atomic E-state index is 12.3. The normalized spacial score (nSPS) is 11.0. The van der Waals surface area contributed by atoms with E-state index in [1.54, 1.807) is 4.68 Å². The maximum Gasteiger partial charge on any atom is 0.275 e. The first-order valence-electron chi connectivity index (χ1n) is 9.59. The number of para-hydroxylation sites is 1. The number of hydrazone groups is 1. The molecule has 0 radical (unpaired) electrons. The predicted molar refractivity (Wildman–Crippen MR) is 119 cm³/mol. The fourth-order valence-corrected chi connectivity index (χ4v) is 3.14. The number of aromatic hydroxyl groups is 2. The van der Waals surface area contributed by atoms with Crippen molar-refractivity contribution in [1.82, 2.24) is 15.2 Å². The van der Waals surface area contributed by atoms with Gasteiger partial charge < -0.3 is 10.2 Å². The van der Waals surface area contributed by atoms with Gasteiger partial charge in [0.1, 0.15) is 17.2 Å². The molecule has 31 heavy (non-hydrogen) atoms. The Hall–Kier alpha value is -4.39. The number of nitrogens with one attached hydrogen (secondary N) is 1. The van der Waals surface area contributed by atoms with Crippen molar-refractivity contribution in [2.75, 3.05) is 0 Å².